The van der Waals surface area contributed by atoms with Crippen molar-refractivity contribution in [1.82, 2.24) is 0 Å². The Hall–Kier alpha value is -2.60. The molecule has 37 heavy (non-hydrogen) atoms. The van der Waals surface area contributed by atoms with Crippen molar-refractivity contribution in [3.05, 3.63) is 98.5 Å². The first-order valence-corrected chi connectivity index (χ1v) is 13.9. The summed E-state index contributed by atoms with van der Waals surface area (Å²) in [6.07, 6.45) is 7.97. The average Bonchev–Trinajstić information content (AvgIpc) is 2.77. The van der Waals surface area contributed by atoms with Gasteiger partial charge in [-0.05, 0) is 101 Å². The molecule has 2 aromatic rings. The summed E-state index contributed by atoms with van der Waals surface area (Å²) in [6, 6.07) is 11.3. The van der Waals surface area contributed by atoms with Crippen LogP contribution in [0.15, 0.2) is 60.2 Å². The van der Waals surface area contributed by atoms with E-state index in [0.29, 0.717) is 11.8 Å². The highest BCUT2D eigenvalue weighted by molar-refractivity contribution is 5.73. The lowest BCUT2D eigenvalue weighted by Crippen LogP contribution is -2.23. The van der Waals surface area contributed by atoms with Gasteiger partial charge in [0, 0.05) is 0 Å². The van der Waals surface area contributed by atoms with E-state index in [4.69, 9.17) is 0 Å². The van der Waals surface area contributed by atoms with Crippen molar-refractivity contribution < 1.29 is 0 Å². The van der Waals surface area contributed by atoms with Crippen LogP contribution in [0.2, 0.25) is 0 Å². The maximum atomic E-state index is 4.46. The zero-order chi connectivity index (χ0) is 28.3. The van der Waals surface area contributed by atoms with Gasteiger partial charge in [0.1, 0.15) is 0 Å². The summed E-state index contributed by atoms with van der Waals surface area (Å²) in [5.74, 6) is 0.809. The minimum Gasteiger partial charge on any atom is -0.0953 e. The second kappa shape index (κ2) is 11.8. The summed E-state index contributed by atoms with van der Waals surface area (Å²) >= 11 is 0. The van der Waals surface area contributed by atoms with Crippen LogP contribution in [-0.2, 0) is 0 Å². The molecule has 0 radical (unpaired) electrons. The largest absolute Gasteiger partial charge is 0.0953 e. The fourth-order valence-electron chi connectivity index (χ4n) is 5.18. The van der Waals surface area contributed by atoms with Crippen LogP contribution in [0, 0.1) is 37.5 Å². The zero-order valence-electron chi connectivity index (χ0n) is 25.9. The van der Waals surface area contributed by atoms with Gasteiger partial charge in [-0.25, -0.2) is 0 Å². The molecule has 2 aromatic carbocycles. The maximum Gasteiger partial charge on any atom is -0.00951 e. The molecule has 0 aromatic heterocycles. The van der Waals surface area contributed by atoms with E-state index in [2.05, 4.69) is 145 Å². The normalized spacial score (nSPS) is 15.6. The number of benzene rings is 2. The Balaban J connectivity index is 2.70. The highest BCUT2D eigenvalue weighted by atomic mass is 14.4. The number of allylic oxidation sites excluding steroid dienone is 5. The fraction of sp³-hybridized carbons (Fsp3) is 0.459. The van der Waals surface area contributed by atoms with Crippen molar-refractivity contribution in [2.24, 2.45) is 16.7 Å². The van der Waals surface area contributed by atoms with Gasteiger partial charge in [0.2, 0.25) is 0 Å². The molecule has 0 saturated heterocycles. The second-order valence-electron chi connectivity index (χ2n) is 13.2. The molecule has 0 aliphatic rings. The van der Waals surface area contributed by atoms with Crippen molar-refractivity contribution in [2.75, 3.05) is 0 Å². The van der Waals surface area contributed by atoms with E-state index in [1.54, 1.807) is 0 Å². The maximum absolute atomic E-state index is 4.46. The van der Waals surface area contributed by atoms with Gasteiger partial charge in [-0.1, -0.05) is 128 Å². The molecular weight excluding hydrogens is 444 g/mol. The van der Waals surface area contributed by atoms with Crippen LogP contribution in [0.1, 0.15) is 102 Å². The number of rotatable bonds is 7. The quantitative estimate of drug-likeness (QED) is 0.335. The molecule has 0 spiro atoms. The van der Waals surface area contributed by atoms with Crippen molar-refractivity contribution in [1.29, 1.82) is 0 Å². The SMILES string of the molecule is C=C(/C=C(\C(C)C(CC)c1cc(C)c(C)cc1/C(C)=C/C=c1/ccc(C)cc1=C)C(C)(C)C)C(C)(C)C. The molecule has 0 nitrogen and oxygen atoms in total. The van der Waals surface area contributed by atoms with Gasteiger partial charge in [-0.15, -0.1) is 0 Å². The monoisotopic (exact) mass is 496 g/mol. The van der Waals surface area contributed by atoms with Crippen LogP contribution >= 0.6 is 0 Å². The summed E-state index contributed by atoms with van der Waals surface area (Å²) in [5, 5.41) is 2.25. The molecule has 0 saturated carbocycles. The summed E-state index contributed by atoms with van der Waals surface area (Å²) in [5.41, 5.74) is 10.9. The van der Waals surface area contributed by atoms with E-state index in [-0.39, 0.29) is 10.8 Å². The molecule has 0 bridgehead atoms. The highest BCUT2D eigenvalue weighted by Crippen LogP contribution is 2.44. The fourth-order valence-corrected chi connectivity index (χ4v) is 5.18. The summed E-state index contributed by atoms with van der Waals surface area (Å²) in [4.78, 5) is 0. The van der Waals surface area contributed by atoms with E-state index in [0.717, 1.165) is 11.6 Å². The molecule has 0 aliphatic heterocycles. The molecular formula is C37H52. The van der Waals surface area contributed by atoms with E-state index < -0.39 is 0 Å². The minimum atomic E-state index is 0.0572. The lowest BCUT2D eigenvalue weighted by atomic mass is 9.69. The Labute approximate surface area is 228 Å². The zero-order valence-corrected chi connectivity index (χ0v) is 25.9. The molecule has 0 N–H and O–H groups in total. The first-order valence-electron chi connectivity index (χ1n) is 13.9. The first kappa shape index (κ1) is 30.6. The Morgan fingerprint density at radius 1 is 0.919 bits per heavy atom. The van der Waals surface area contributed by atoms with Crippen LogP contribution in [0.25, 0.3) is 18.2 Å². The molecule has 2 unspecified atom stereocenters. The molecule has 0 fully saturated rings. The molecule has 0 heteroatoms. The Morgan fingerprint density at radius 3 is 2.03 bits per heavy atom. The topological polar surface area (TPSA) is 0 Å². The number of hydrogen-bond acceptors (Lipinski definition) is 0. The third kappa shape index (κ3) is 7.70. The van der Waals surface area contributed by atoms with Crippen LogP contribution in [0.3, 0.4) is 0 Å². The second-order valence-corrected chi connectivity index (χ2v) is 13.2. The molecule has 2 rings (SSSR count). The minimum absolute atomic E-state index is 0.0572. The van der Waals surface area contributed by atoms with Gasteiger partial charge in [0.25, 0.3) is 0 Å². The smallest absolute Gasteiger partial charge is 0.00951 e. The van der Waals surface area contributed by atoms with Crippen LogP contribution in [0.5, 0.6) is 0 Å². The number of hydrogen-bond donors (Lipinski definition) is 0. The summed E-state index contributed by atoms with van der Waals surface area (Å²) in [7, 11) is 0. The van der Waals surface area contributed by atoms with Crippen LogP contribution < -0.4 is 10.4 Å². The van der Waals surface area contributed by atoms with E-state index in [1.165, 1.54) is 49.8 Å². The predicted molar refractivity (Wildman–Crippen MR) is 168 cm³/mol. The van der Waals surface area contributed by atoms with Gasteiger partial charge in [0.15, 0.2) is 0 Å². The van der Waals surface area contributed by atoms with Crippen molar-refractivity contribution in [3.8, 4) is 0 Å². The molecule has 0 aliphatic carbocycles. The van der Waals surface area contributed by atoms with Gasteiger partial charge in [0.05, 0.1) is 0 Å². The molecule has 2 atom stereocenters. The van der Waals surface area contributed by atoms with Crippen molar-refractivity contribution >= 4 is 18.2 Å². The molecule has 0 amide bonds. The summed E-state index contributed by atoms with van der Waals surface area (Å²) < 4.78 is 0. The van der Waals surface area contributed by atoms with E-state index in [9.17, 15) is 0 Å². The van der Waals surface area contributed by atoms with E-state index >= 15 is 0 Å². The lowest BCUT2D eigenvalue weighted by molar-refractivity contribution is 0.386. The molecule has 0 heterocycles. The average molecular weight is 497 g/mol. The Morgan fingerprint density at radius 2 is 1.51 bits per heavy atom. The van der Waals surface area contributed by atoms with Gasteiger partial charge >= 0.3 is 0 Å². The third-order valence-corrected chi connectivity index (χ3v) is 7.99. The molecule has 200 valence electrons. The standard InChI is InChI=1S/C37H52/c1-15-32(30(8)35(37(12,13)14)23-29(7)36(9,10)11)34-22-27(5)26(4)21-33(34)25(3)17-19-31-18-16-24(2)20-28(31)6/h16-23,30,32H,6-7,15H2,1-5,8-14H3/b25-17+,31-19-,35-23+. The lowest BCUT2D eigenvalue weighted by Gasteiger charge is -2.36. The Bertz CT molecular complexity index is 1300. The third-order valence-electron chi connectivity index (χ3n) is 7.99. The van der Waals surface area contributed by atoms with Crippen LogP contribution in [0.4, 0.5) is 0 Å². The van der Waals surface area contributed by atoms with Gasteiger partial charge in [-0.3, -0.25) is 0 Å². The van der Waals surface area contributed by atoms with Gasteiger partial charge < -0.3 is 0 Å². The Kier molecular flexibility index (Phi) is 9.81. The van der Waals surface area contributed by atoms with Crippen molar-refractivity contribution in [3.63, 3.8) is 0 Å². The predicted octanol–water partition coefficient (Wildman–Crippen LogP) is 9.61. The summed E-state index contributed by atoms with van der Waals surface area (Å²) in [6.45, 7) is 36.1. The highest BCUT2D eigenvalue weighted by Gasteiger charge is 2.31. The van der Waals surface area contributed by atoms with Crippen molar-refractivity contribution in [2.45, 2.75) is 95.4 Å². The van der Waals surface area contributed by atoms with Gasteiger partial charge in [-0.2, -0.15) is 0 Å². The first-order chi connectivity index (χ1) is 17.0. The van der Waals surface area contributed by atoms with E-state index in [1.807, 2.05) is 0 Å². The van der Waals surface area contributed by atoms with Crippen LogP contribution in [-0.4, -0.2) is 0 Å². The number of aryl methyl sites for hydroxylation is 3.